The highest BCUT2D eigenvalue weighted by atomic mass is 32.2. The highest BCUT2D eigenvalue weighted by Gasteiger charge is 2.36. The van der Waals surface area contributed by atoms with Crippen LogP contribution in [-0.4, -0.2) is 35.1 Å². The fraction of sp³-hybridized carbons (Fsp3) is 0.207. The van der Waals surface area contributed by atoms with Crippen molar-refractivity contribution in [1.29, 1.82) is 0 Å². The van der Waals surface area contributed by atoms with Crippen molar-refractivity contribution >= 4 is 40.6 Å². The summed E-state index contributed by atoms with van der Waals surface area (Å²) in [6.45, 7) is 5.91. The van der Waals surface area contributed by atoms with E-state index in [9.17, 15) is 18.8 Å². The molecule has 0 saturated carbocycles. The second-order valence-electron chi connectivity index (χ2n) is 8.62. The number of amides is 3. The van der Waals surface area contributed by atoms with Gasteiger partial charge >= 0.3 is 0 Å². The number of carbonyl (C=O) groups is 3. The Morgan fingerprint density at radius 2 is 1.79 bits per heavy atom. The SMILES string of the molecule is CCOc1cc(/C=C2\SC(=O)N(CC(=O)Nc3cccc(C)c3C)C2=O)ccc1OCc1ccc(F)cc1. The van der Waals surface area contributed by atoms with Gasteiger partial charge in [-0.1, -0.05) is 30.3 Å². The molecule has 1 heterocycles. The largest absolute Gasteiger partial charge is 0.490 e. The Labute approximate surface area is 224 Å². The van der Waals surface area contributed by atoms with Crippen LogP contribution in [0.1, 0.15) is 29.2 Å². The molecule has 0 bridgehead atoms. The first-order valence-corrected chi connectivity index (χ1v) is 12.8. The van der Waals surface area contributed by atoms with Gasteiger partial charge in [0.1, 0.15) is 19.0 Å². The van der Waals surface area contributed by atoms with Crippen LogP contribution in [0.2, 0.25) is 0 Å². The molecular weight excluding hydrogens is 507 g/mol. The molecule has 0 spiro atoms. The number of nitrogens with one attached hydrogen (secondary N) is 1. The fourth-order valence-corrected chi connectivity index (χ4v) is 4.59. The Morgan fingerprint density at radius 1 is 1.03 bits per heavy atom. The van der Waals surface area contributed by atoms with Gasteiger partial charge in [-0.3, -0.25) is 19.3 Å². The van der Waals surface area contributed by atoms with Crippen LogP contribution in [0.5, 0.6) is 11.5 Å². The maximum atomic E-state index is 13.1. The van der Waals surface area contributed by atoms with Crippen molar-refractivity contribution < 1.29 is 28.2 Å². The van der Waals surface area contributed by atoms with Crippen LogP contribution in [0.25, 0.3) is 6.08 Å². The molecule has 0 radical (unpaired) electrons. The maximum Gasteiger partial charge on any atom is 0.294 e. The van der Waals surface area contributed by atoms with Crippen molar-refractivity contribution in [3.05, 3.63) is 93.6 Å². The summed E-state index contributed by atoms with van der Waals surface area (Å²) >= 11 is 0.778. The van der Waals surface area contributed by atoms with Gasteiger partial charge in [0.2, 0.25) is 5.91 Å². The molecule has 1 aliphatic heterocycles. The minimum atomic E-state index is -0.536. The first-order valence-electron chi connectivity index (χ1n) is 12.0. The molecule has 7 nitrogen and oxygen atoms in total. The Hall–Kier alpha value is -4.11. The Balaban J connectivity index is 1.45. The molecule has 1 saturated heterocycles. The molecule has 1 N–H and O–H groups in total. The molecule has 3 amide bonds. The van der Waals surface area contributed by atoms with Crippen LogP contribution in [-0.2, 0) is 16.2 Å². The van der Waals surface area contributed by atoms with Gasteiger partial charge in [0.05, 0.1) is 11.5 Å². The third-order valence-corrected chi connectivity index (χ3v) is 6.83. The standard InChI is InChI=1S/C29H27FN2O5S/c1-4-36-25-14-21(10-13-24(25)37-17-20-8-11-22(30)12-9-20)15-26-28(34)32(29(35)38-26)16-27(33)31-23-7-5-6-18(2)19(23)3/h5-15H,4,16-17H2,1-3H3,(H,31,33)/b26-15-. The van der Waals surface area contributed by atoms with Gasteiger partial charge < -0.3 is 14.8 Å². The molecule has 38 heavy (non-hydrogen) atoms. The van der Waals surface area contributed by atoms with Gasteiger partial charge in [0, 0.05) is 5.69 Å². The van der Waals surface area contributed by atoms with Crippen molar-refractivity contribution in [2.45, 2.75) is 27.4 Å². The second-order valence-corrected chi connectivity index (χ2v) is 9.61. The van der Waals surface area contributed by atoms with Crippen LogP contribution in [0.15, 0.2) is 65.6 Å². The van der Waals surface area contributed by atoms with E-state index >= 15 is 0 Å². The van der Waals surface area contributed by atoms with E-state index in [0.717, 1.165) is 33.4 Å². The summed E-state index contributed by atoms with van der Waals surface area (Å²) in [5.74, 6) is -0.353. The number of halogens is 1. The normalized spacial score (nSPS) is 14.2. The van der Waals surface area contributed by atoms with Gasteiger partial charge in [-0.2, -0.15) is 0 Å². The molecule has 0 aliphatic carbocycles. The first-order chi connectivity index (χ1) is 18.2. The summed E-state index contributed by atoms with van der Waals surface area (Å²) in [6, 6.07) is 16.7. The van der Waals surface area contributed by atoms with E-state index < -0.39 is 17.1 Å². The molecular formula is C29H27FN2O5S. The van der Waals surface area contributed by atoms with Crippen LogP contribution in [0.4, 0.5) is 14.9 Å². The number of nitrogens with zero attached hydrogens (tertiary/aromatic N) is 1. The number of hydrogen-bond donors (Lipinski definition) is 1. The van der Waals surface area contributed by atoms with Crippen LogP contribution < -0.4 is 14.8 Å². The average Bonchev–Trinajstić information content (AvgIpc) is 3.14. The summed E-state index contributed by atoms with van der Waals surface area (Å²) < 4.78 is 24.7. The van der Waals surface area contributed by atoms with Gasteiger partial charge in [0.15, 0.2) is 11.5 Å². The smallest absolute Gasteiger partial charge is 0.294 e. The number of hydrogen-bond acceptors (Lipinski definition) is 6. The Kier molecular flexibility index (Phi) is 8.48. The average molecular weight is 535 g/mol. The number of ether oxygens (including phenoxy) is 2. The third kappa shape index (κ3) is 6.41. The number of aryl methyl sites for hydroxylation is 1. The summed E-state index contributed by atoms with van der Waals surface area (Å²) in [5, 5.41) is 2.26. The van der Waals surface area contributed by atoms with Crippen LogP contribution in [0, 0.1) is 19.7 Å². The van der Waals surface area contributed by atoms with Crippen molar-refractivity contribution in [2.24, 2.45) is 0 Å². The Bertz CT molecular complexity index is 1400. The Morgan fingerprint density at radius 3 is 2.53 bits per heavy atom. The summed E-state index contributed by atoms with van der Waals surface area (Å²) in [5.41, 5.74) is 4.02. The molecule has 0 unspecified atom stereocenters. The minimum absolute atomic E-state index is 0.206. The number of anilines is 1. The lowest BCUT2D eigenvalue weighted by atomic mass is 10.1. The lowest BCUT2D eigenvalue weighted by molar-refractivity contribution is -0.127. The zero-order valence-corrected chi connectivity index (χ0v) is 22.1. The maximum absolute atomic E-state index is 13.1. The van der Waals surface area contributed by atoms with Crippen LogP contribution >= 0.6 is 11.8 Å². The van der Waals surface area contributed by atoms with Gasteiger partial charge in [0.25, 0.3) is 11.1 Å². The van der Waals surface area contributed by atoms with E-state index in [1.807, 2.05) is 32.9 Å². The molecule has 1 fully saturated rings. The van der Waals surface area contributed by atoms with Crippen LogP contribution in [0.3, 0.4) is 0 Å². The first kappa shape index (κ1) is 26.9. The van der Waals surface area contributed by atoms with E-state index in [4.69, 9.17) is 9.47 Å². The minimum Gasteiger partial charge on any atom is -0.490 e. The van der Waals surface area contributed by atoms with Crippen molar-refractivity contribution in [3.8, 4) is 11.5 Å². The predicted molar refractivity (Wildman–Crippen MR) is 146 cm³/mol. The van der Waals surface area contributed by atoms with Crippen molar-refractivity contribution in [2.75, 3.05) is 18.5 Å². The van der Waals surface area contributed by atoms with Gasteiger partial charge in [-0.25, -0.2) is 4.39 Å². The zero-order valence-electron chi connectivity index (χ0n) is 21.2. The lowest BCUT2D eigenvalue weighted by Crippen LogP contribution is -2.36. The molecule has 0 aromatic heterocycles. The fourth-order valence-electron chi connectivity index (χ4n) is 3.75. The molecule has 3 aromatic carbocycles. The molecule has 0 atom stereocenters. The van der Waals surface area contributed by atoms with Gasteiger partial charge in [-0.15, -0.1) is 0 Å². The van der Waals surface area contributed by atoms with Crippen molar-refractivity contribution in [3.63, 3.8) is 0 Å². The number of thioether (sulfide) groups is 1. The quantitative estimate of drug-likeness (QED) is 0.334. The monoisotopic (exact) mass is 534 g/mol. The highest BCUT2D eigenvalue weighted by Crippen LogP contribution is 2.35. The lowest BCUT2D eigenvalue weighted by Gasteiger charge is -2.14. The van der Waals surface area contributed by atoms with Gasteiger partial charge in [-0.05, 0) is 91.2 Å². The summed E-state index contributed by atoms with van der Waals surface area (Å²) in [7, 11) is 0. The highest BCUT2D eigenvalue weighted by molar-refractivity contribution is 8.18. The third-order valence-electron chi connectivity index (χ3n) is 5.93. The number of imide groups is 1. The molecule has 196 valence electrons. The van der Waals surface area contributed by atoms with E-state index in [2.05, 4.69) is 5.32 Å². The summed E-state index contributed by atoms with van der Waals surface area (Å²) in [6.07, 6.45) is 1.58. The molecule has 3 aromatic rings. The van der Waals surface area contributed by atoms with E-state index in [0.29, 0.717) is 29.4 Å². The molecule has 1 aliphatic rings. The van der Waals surface area contributed by atoms with E-state index in [-0.39, 0.29) is 23.9 Å². The number of carbonyl (C=O) groups excluding carboxylic acids is 3. The molecule has 4 rings (SSSR count). The summed E-state index contributed by atoms with van der Waals surface area (Å²) in [4.78, 5) is 39.2. The van der Waals surface area contributed by atoms with Crippen molar-refractivity contribution in [1.82, 2.24) is 4.90 Å². The predicted octanol–water partition coefficient (Wildman–Crippen LogP) is 6.10. The zero-order chi connectivity index (χ0) is 27.2. The second kappa shape index (κ2) is 12.0. The van der Waals surface area contributed by atoms with E-state index in [1.165, 1.54) is 12.1 Å². The van der Waals surface area contributed by atoms with E-state index in [1.54, 1.807) is 42.5 Å². The topological polar surface area (TPSA) is 84.9 Å². The number of benzene rings is 3. The molecule has 9 heteroatoms. The number of rotatable bonds is 9.